The number of aliphatic hydroxyl groups excluding tert-OH is 1. The summed E-state index contributed by atoms with van der Waals surface area (Å²) in [6, 6.07) is 0. The molecule has 0 aromatic heterocycles. The molecule has 0 aromatic carbocycles. The van der Waals surface area contributed by atoms with Gasteiger partial charge in [-0.25, -0.2) is 0 Å². The van der Waals surface area contributed by atoms with Crippen LogP contribution < -0.4 is 0 Å². The van der Waals surface area contributed by atoms with Crippen LogP contribution in [0.15, 0.2) is 11.6 Å². The third-order valence-electron chi connectivity index (χ3n) is 3.75. The first-order valence-corrected chi connectivity index (χ1v) is 6.40. The third kappa shape index (κ3) is 2.89. The molecule has 1 fully saturated rings. The van der Waals surface area contributed by atoms with Crippen molar-refractivity contribution in [2.75, 3.05) is 19.7 Å². The van der Waals surface area contributed by atoms with Gasteiger partial charge in [0.1, 0.15) is 0 Å². The van der Waals surface area contributed by atoms with Crippen LogP contribution in [-0.2, 0) is 4.79 Å². The van der Waals surface area contributed by atoms with Gasteiger partial charge in [0.15, 0.2) is 0 Å². The molecule has 17 heavy (non-hydrogen) atoms. The minimum Gasteiger partial charge on any atom is -0.395 e. The van der Waals surface area contributed by atoms with E-state index in [1.807, 2.05) is 6.92 Å². The van der Waals surface area contributed by atoms with Crippen LogP contribution in [-0.4, -0.2) is 35.6 Å². The lowest BCUT2D eigenvalue weighted by Crippen LogP contribution is -2.35. The minimum atomic E-state index is 0.0417. The first-order chi connectivity index (χ1) is 7.86. The summed E-state index contributed by atoms with van der Waals surface area (Å²) in [5.41, 5.74) is 1.33. The van der Waals surface area contributed by atoms with E-state index in [4.69, 9.17) is 5.11 Å². The van der Waals surface area contributed by atoms with Crippen molar-refractivity contribution in [3.05, 3.63) is 11.6 Å². The number of hydrogen-bond donors (Lipinski definition) is 1. The van der Waals surface area contributed by atoms with Crippen LogP contribution in [0, 0.1) is 17.3 Å². The van der Waals surface area contributed by atoms with Crippen molar-refractivity contribution in [2.45, 2.75) is 34.6 Å². The van der Waals surface area contributed by atoms with E-state index < -0.39 is 0 Å². The molecule has 0 radical (unpaired) electrons. The monoisotopic (exact) mass is 239 g/mol. The average molecular weight is 239 g/mol. The van der Waals surface area contributed by atoms with Crippen LogP contribution in [0.3, 0.4) is 0 Å². The molecule has 2 atom stereocenters. The van der Waals surface area contributed by atoms with Crippen molar-refractivity contribution in [3.8, 4) is 0 Å². The summed E-state index contributed by atoms with van der Waals surface area (Å²) in [6.45, 7) is 11.6. The summed E-state index contributed by atoms with van der Waals surface area (Å²) < 4.78 is 0. The fourth-order valence-electron chi connectivity index (χ4n) is 2.56. The second kappa shape index (κ2) is 5.21. The number of hydrogen-bond acceptors (Lipinski definition) is 2. The number of carbonyl (C=O) groups excluding carboxylic acids is 1. The van der Waals surface area contributed by atoms with Crippen molar-refractivity contribution in [1.29, 1.82) is 0 Å². The zero-order chi connectivity index (χ0) is 13.2. The predicted molar refractivity (Wildman–Crippen MR) is 69.5 cm³/mol. The third-order valence-corrected chi connectivity index (χ3v) is 3.75. The SMILES string of the molecule is CCN(CCO)C(=O)C1C(C=C(C)C)C1(C)C. The molecule has 1 N–H and O–H groups in total. The van der Waals surface area contributed by atoms with E-state index >= 15 is 0 Å². The zero-order valence-corrected chi connectivity index (χ0v) is 11.7. The summed E-state index contributed by atoms with van der Waals surface area (Å²) in [5, 5.41) is 8.95. The molecule has 1 aliphatic rings. The lowest BCUT2D eigenvalue weighted by atomic mass is 10.1. The first kappa shape index (κ1) is 14.2. The summed E-state index contributed by atoms with van der Waals surface area (Å²) in [5.74, 6) is 0.630. The summed E-state index contributed by atoms with van der Waals surface area (Å²) in [4.78, 5) is 14.1. The highest BCUT2D eigenvalue weighted by atomic mass is 16.3. The molecule has 0 spiro atoms. The lowest BCUT2D eigenvalue weighted by molar-refractivity contribution is -0.133. The highest BCUT2D eigenvalue weighted by molar-refractivity contribution is 5.83. The van der Waals surface area contributed by atoms with Crippen LogP contribution in [0.25, 0.3) is 0 Å². The van der Waals surface area contributed by atoms with Gasteiger partial charge in [0, 0.05) is 13.1 Å². The van der Waals surface area contributed by atoms with Crippen LogP contribution >= 0.6 is 0 Å². The second-order valence-corrected chi connectivity index (χ2v) is 5.71. The van der Waals surface area contributed by atoms with E-state index in [1.54, 1.807) is 4.90 Å². The van der Waals surface area contributed by atoms with E-state index in [2.05, 4.69) is 33.8 Å². The number of aliphatic hydroxyl groups is 1. The number of likely N-dealkylation sites (N-methyl/N-ethyl adjacent to an activating group) is 1. The van der Waals surface area contributed by atoms with Gasteiger partial charge in [0.25, 0.3) is 0 Å². The predicted octanol–water partition coefficient (Wildman–Crippen LogP) is 2.07. The van der Waals surface area contributed by atoms with Gasteiger partial charge >= 0.3 is 0 Å². The van der Waals surface area contributed by atoms with Gasteiger partial charge in [0.05, 0.1) is 12.5 Å². The normalized spacial score (nSPS) is 25.3. The van der Waals surface area contributed by atoms with Crippen LogP contribution in [0.1, 0.15) is 34.6 Å². The quantitative estimate of drug-likeness (QED) is 0.746. The molecule has 1 saturated carbocycles. The van der Waals surface area contributed by atoms with Crippen LogP contribution in [0.2, 0.25) is 0 Å². The molecule has 0 bridgehead atoms. The van der Waals surface area contributed by atoms with E-state index in [1.165, 1.54) is 5.57 Å². The molecular formula is C14H25NO2. The minimum absolute atomic E-state index is 0.0417. The van der Waals surface area contributed by atoms with Gasteiger partial charge in [-0.1, -0.05) is 25.5 Å². The number of rotatable bonds is 5. The van der Waals surface area contributed by atoms with Crippen molar-refractivity contribution in [3.63, 3.8) is 0 Å². The molecule has 0 aliphatic heterocycles. The van der Waals surface area contributed by atoms with E-state index in [0.29, 0.717) is 19.0 Å². The van der Waals surface area contributed by atoms with Crippen LogP contribution in [0.4, 0.5) is 0 Å². The van der Waals surface area contributed by atoms with Crippen molar-refractivity contribution >= 4 is 5.91 Å². The van der Waals surface area contributed by atoms with E-state index in [-0.39, 0.29) is 23.8 Å². The summed E-state index contributed by atoms with van der Waals surface area (Å²) in [7, 11) is 0. The van der Waals surface area contributed by atoms with Gasteiger partial charge < -0.3 is 10.0 Å². The van der Waals surface area contributed by atoms with Gasteiger partial charge in [-0.2, -0.15) is 0 Å². The van der Waals surface area contributed by atoms with Gasteiger partial charge in [-0.15, -0.1) is 0 Å². The Balaban J connectivity index is 2.74. The molecule has 3 nitrogen and oxygen atoms in total. The van der Waals surface area contributed by atoms with Crippen molar-refractivity contribution in [1.82, 2.24) is 4.90 Å². The summed E-state index contributed by atoms with van der Waals surface area (Å²) >= 11 is 0. The van der Waals surface area contributed by atoms with Gasteiger partial charge in [-0.3, -0.25) is 4.79 Å². The Kier molecular flexibility index (Phi) is 4.36. The smallest absolute Gasteiger partial charge is 0.226 e. The van der Waals surface area contributed by atoms with E-state index in [9.17, 15) is 4.79 Å². The van der Waals surface area contributed by atoms with Gasteiger partial charge in [0.2, 0.25) is 5.91 Å². The maximum absolute atomic E-state index is 12.3. The average Bonchev–Trinajstić information content (AvgIpc) is 2.75. The number of amides is 1. The number of carbonyl (C=O) groups is 1. The Labute approximate surface area is 105 Å². The Bertz CT molecular complexity index is 316. The molecular weight excluding hydrogens is 214 g/mol. The maximum Gasteiger partial charge on any atom is 0.226 e. The molecule has 2 unspecified atom stereocenters. The standard InChI is InChI=1S/C14H25NO2/c1-6-15(7-8-16)13(17)12-11(9-10(2)3)14(12,4)5/h9,11-12,16H,6-8H2,1-5H3. The topological polar surface area (TPSA) is 40.5 Å². The molecule has 0 aromatic rings. The molecule has 1 rings (SSSR count). The fourth-order valence-corrected chi connectivity index (χ4v) is 2.56. The largest absolute Gasteiger partial charge is 0.395 e. The zero-order valence-electron chi connectivity index (χ0n) is 11.7. The summed E-state index contributed by atoms with van der Waals surface area (Å²) in [6.07, 6.45) is 2.20. The molecule has 0 heterocycles. The molecule has 98 valence electrons. The number of nitrogens with zero attached hydrogens (tertiary/aromatic N) is 1. The number of allylic oxidation sites excluding steroid dienone is 2. The molecule has 1 aliphatic carbocycles. The van der Waals surface area contributed by atoms with Crippen molar-refractivity contribution in [2.24, 2.45) is 17.3 Å². The van der Waals surface area contributed by atoms with Crippen LogP contribution in [0.5, 0.6) is 0 Å². The molecule has 1 amide bonds. The Morgan fingerprint density at radius 1 is 1.41 bits per heavy atom. The Hall–Kier alpha value is -0.830. The maximum atomic E-state index is 12.3. The molecule has 0 saturated heterocycles. The first-order valence-electron chi connectivity index (χ1n) is 6.40. The molecule has 3 heteroatoms. The highest BCUT2D eigenvalue weighted by Gasteiger charge is 2.61. The highest BCUT2D eigenvalue weighted by Crippen LogP contribution is 2.60. The lowest BCUT2D eigenvalue weighted by Gasteiger charge is -2.20. The second-order valence-electron chi connectivity index (χ2n) is 5.71. The Morgan fingerprint density at radius 2 is 2.00 bits per heavy atom. The van der Waals surface area contributed by atoms with Gasteiger partial charge in [-0.05, 0) is 32.1 Å². The Morgan fingerprint density at radius 3 is 2.41 bits per heavy atom. The van der Waals surface area contributed by atoms with E-state index in [0.717, 1.165) is 0 Å². The van der Waals surface area contributed by atoms with Crippen molar-refractivity contribution < 1.29 is 9.90 Å². The fraction of sp³-hybridized carbons (Fsp3) is 0.786.